The standard InChI is InChI=1S/C21H23FN4/c1-25-14-17(13-23-25)15-26-10-4-9-21(26)20-8-3-7-19(24-20)12-16-5-2-6-18(22)11-16/h2-3,5-8,11,13-14,21H,4,9-10,12,15H2,1H3/t21-/m1/s1. The topological polar surface area (TPSA) is 34.0 Å². The van der Waals surface area contributed by atoms with Gasteiger partial charge < -0.3 is 0 Å². The molecule has 0 unspecified atom stereocenters. The highest BCUT2D eigenvalue weighted by Gasteiger charge is 2.27. The fourth-order valence-electron chi connectivity index (χ4n) is 3.78. The van der Waals surface area contributed by atoms with Crippen molar-refractivity contribution in [1.29, 1.82) is 0 Å². The zero-order chi connectivity index (χ0) is 17.9. The molecule has 0 radical (unpaired) electrons. The van der Waals surface area contributed by atoms with Crippen molar-refractivity contribution in [3.63, 3.8) is 0 Å². The second-order valence-electron chi connectivity index (χ2n) is 7.01. The number of benzene rings is 1. The first-order valence-corrected chi connectivity index (χ1v) is 9.09. The van der Waals surface area contributed by atoms with Crippen LogP contribution in [0.4, 0.5) is 4.39 Å². The third-order valence-electron chi connectivity index (χ3n) is 4.95. The molecule has 3 aromatic rings. The number of hydrogen-bond acceptors (Lipinski definition) is 3. The van der Waals surface area contributed by atoms with Gasteiger partial charge in [-0.2, -0.15) is 5.10 Å². The molecule has 1 atom stereocenters. The Balaban J connectivity index is 1.51. The molecule has 0 saturated carbocycles. The Hall–Kier alpha value is -2.53. The van der Waals surface area contributed by atoms with Crippen LogP contribution in [0.25, 0.3) is 0 Å². The molecule has 134 valence electrons. The summed E-state index contributed by atoms with van der Waals surface area (Å²) in [6.45, 7) is 1.98. The highest BCUT2D eigenvalue weighted by molar-refractivity contribution is 5.24. The number of likely N-dealkylation sites (tertiary alicyclic amines) is 1. The zero-order valence-corrected chi connectivity index (χ0v) is 15.0. The molecule has 2 aromatic heterocycles. The SMILES string of the molecule is Cn1cc(CN2CCC[C@@H]2c2cccc(Cc3cccc(F)c3)n2)cn1. The zero-order valence-electron chi connectivity index (χ0n) is 15.0. The molecule has 0 aliphatic carbocycles. The van der Waals surface area contributed by atoms with Crippen LogP contribution < -0.4 is 0 Å². The lowest BCUT2D eigenvalue weighted by Crippen LogP contribution is -2.23. The van der Waals surface area contributed by atoms with Crippen molar-refractivity contribution >= 4 is 0 Å². The highest BCUT2D eigenvalue weighted by Crippen LogP contribution is 2.32. The highest BCUT2D eigenvalue weighted by atomic mass is 19.1. The molecule has 1 aromatic carbocycles. The van der Waals surface area contributed by atoms with Gasteiger partial charge in [-0.15, -0.1) is 0 Å². The van der Waals surface area contributed by atoms with E-state index in [0.717, 1.165) is 36.5 Å². The van der Waals surface area contributed by atoms with Crippen molar-refractivity contribution in [2.24, 2.45) is 7.05 Å². The van der Waals surface area contributed by atoms with E-state index in [1.807, 2.05) is 30.1 Å². The lowest BCUT2D eigenvalue weighted by molar-refractivity contribution is 0.244. The first-order chi connectivity index (χ1) is 12.7. The van der Waals surface area contributed by atoms with E-state index in [1.54, 1.807) is 12.1 Å². The Morgan fingerprint density at radius 1 is 1.15 bits per heavy atom. The second-order valence-corrected chi connectivity index (χ2v) is 7.01. The van der Waals surface area contributed by atoms with E-state index in [-0.39, 0.29) is 5.82 Å². The number of rotatable bonds is 5. The summed E-state index contributed by atoms with van der Waals surface area (Å²) in [4.78, 5) is 7.37. The minimum atomic E-state index is -0.197. The molecule has 1 fully saturated rings. The largest absolute Gasteiger partial charge is 0.290 e. The van der Waals surface area contributed by atoms with E-state index in [2.05, 4.69) is 28.3 Å². The predicted octanol–water partition coefficient (Wildman–Crippen LogP) is 3.88. The molecular weight excluding hydrogens is 327 g/mol. The lowest BCUT2D eigenvalue weighted by atomic mass is 10.1. The van der Waals surface area contributed by atoms with Crippen molar-refractivity contribution in [2.75, 3.05) is 6.54 Å². The van der Waals surface area contributed by atoms with Crippen LogP contribution in [-0.2, 0) is 20.0 Å². The average molecular weight is 350 g/mol. The molecule has 26 heavy (non-hydrogen) atoms. The van der Waals surface area contributed by atoms with E-state index in [1.165, 1.54) is 18.1 Å². The summed E-state index contributed by atoms with van der Waals surface area (Å²) in [5, 5.41) is 4.27. The van der Waals surface area contributed by atoms with Crippen molar-refractivity contribution in [3.8, 4) is 0 Å². The Kier molecular flexibility index (Phi) is 4.80. The maximum atomic E-state index is 13.4. The summed E-state index contributed by atoms with van der Waals surface area (Å²) in [6.07, 6.45) is 6.96. The number of aryl methyl sites for hydroxylation is 1. The Morgan fingerprint density at radius 2 is 2.04 bits per heavy atom. The molecule has 1 aliphatic rings. The molecule has 0 N–H and O–H groups in total. The van der Waals surface area contributed by atoms with Gasteiger partial charge >= 0.3 is 0 Å². The summed E-state index contributed by atoms with van der Waals surface area (Å²) in [7, 11) is 1.95. The van der Waals surface area contributed by atoms with Crippen LogP contribution >= 0.6 is 0 Å². The number of nitrogens with zero attached hydrogens (tertiary/aromatic N) is 4. The number of pyridine rings is 1. The number of aromatic nitrogens is 3. The summed E-state index contributed by atoms with van der Waals surface area (Å²) in [6, 6.07) is 13.3. The summed E-state index contributed by atoms with van der Waals surface area (Å²) in [5.74, 6) is -0.197. The van der Waals surface area contributed by atoms with Gasteiger partial charge in [0.05, 0.1) is 17.9 Å². The third-order valence-corrected chi connectivity index (χ3v) is 4.95. The molecule has 0 spiro atoms. The summed E-state index contributed by atoms with van der Waals surface area (Å²) < 4.78 is 15.3. The Labute approximate surface area is 153 Å². The van der Waals surface area contributed by atoms with Gasteiger partial charge in [0.25, 0.3) is 0 Å². The van der Waals surface area contributed by atoms with E-state index in [4.69, 9.17) is 4.98 Å². The molecule has 1 saturated heterocycles. The van der Waals surface area contributed by atoms with Crippen molar-refractivity contribution in [3.05, 3.63) is 83.2 Å². The first kappa shape index (κ1) is 16.9. The first-order valence-electron chi connectivity index (χ1n) is 9.09. The Morgan fingerprint density at radius 3 is 2.85 bits per heavy atom. The smallest absolute Gasteiger partial charge is 0.123 e. The molecule has 4 rings (SSSR count). The van der Waals surface area contributed by atoms with Gasteiger partial charge in [0.1, 0.15) is 5.82 Å². The van der Waals surface area contributed by atoms with Gasteiger partial charge in [-0.05, 0) is 49.2 Å². The number of hydrogen-bond donors (Lipinski definition) is 0. The lowest BCUT2D eigenvalue weighted by Gasteiger charge is -2.23. The van der Waals surface area contributed by atoms with Crippen LogP contribution in [0, 0.1) is 5.82 Å². The van der Waals surface area contributed by atoms with Gasteiger partial charge in [-0.1, -0.05) is 18.2 Å². The van der Waals surface area contributed by atoms with Crippen LogP contribution in [0.5, 0.6) is 0 Å². The van der Waals surface area contributed by atoms with Crippen LogP contribution in [0.1, 0.15) is 41.4 Å². The van der Waals surface area contributed by atoms with Gasteiger partial charge in [0, 0.05) is 37.5 Å². The van der Waals surface area contributed by atoms with Gasteiger partial charge in [-0.25, -0.2) is 4.39 Å². The minimum absolute atomic E-state index is 0.197. The maximum Gasteiger partial charge on any atom is 0.123 e. The van der Waals surface area contributed by atoms with E-state index in [9.17, 15) is 4.39 Å². The van der Waals surface area contributed by atoms with Crippen LogP contribution in [0.15, 0.2) is 54.9 Å². The van der Waals surface area contributed by atoms with Crippen molar-refractivity contribution in [1.82, 2.24) is 19.7 Å². The molecule has 1 aliphatic heterocycles. The average Bonchev–Trinajstić information content (AvgIpc) is 3.24. The fraction of sp³-hybridized carbons (Fsp3) is 0.333. The fourth-order valence-corrected chi connectivity index (χ4v) is 3.78. The van der Waals surface area contributed by atoms with Gasteiger partial charge in [-0.3, -0.25) is 14.6 Å². The maximum absolute atomic E-state index is 13.4. The van der Waals surface area contributed by atoms with E-state index >= 15 is 0 Å². The molecular formula is C21H23FN4. The van der Waals surface area contributed by atoms with Crippen LogP contribution in [0.3, 0.4) is 0 Å². The van der Waals surface area contributed by atoms with Gasteiger partial charge in [0.2, 0.25) is 0 Å². The molecule has 0 amide bonds. The normalized spacial score (nSPS) is 17.7. The van der Waals surface area contributed by atoms with E-state index in [0.29, 0.717) is 12.5 Å². The minimum Gasteiger partial charge on any atom is -0.290 e. The molecule has 0 bridgehead atoms. The number of halogens is 1. The third kappa shape index (κ3) is 3.83. The summed E-state index contributed by atoms with van der Waals surface area (Å²) >= 11 is 0. The molecule has 5 heteroatoms. The second kappa shape index (κ2) is 7.38. The molecule has 4 nitrogen and oxygen atoms in total. The van der Waals surface area contributed by atoms with Crippen LogP contribution in [0.2, 0.25) is 0 Å². The monoisotopic (exact) mass is 350 g/mol. The van der Waals surface area contributed by atoms with Crippen molar-refractivity contribution < 1.29 is 4.39 Å². The predicted molar refractivity (Wildman–Crippen MR) is 99.0 cm³/mol. The molecule has 3 heterocycles. The van der Waals surface area contributed by atoms with E-state index < -0.39 is 0 Å². The Bertz CT molecular complexity index is 889. The van der Waals surface area contributed by atoms with Crippen molar-refractivity contribution in [2.45, 2.75) is 31.8 Å². The van der Waals surface area contributed by atoms with Gasteiger partial charge in [0.15, 0.2) is 0 Å². The quantitative estimate of drug-likeness (QED) is 0.700. The van der Waals surface area contributed by atoms with Crippen LogP contribution in [-0.4, -0.2) is 26.2 Å². The summed E-state index contributed by atoms with van der Waals surface area (Å²) in [5.41, 5.74) is 4.28.